The molecule has 3 heteroatoms. The zero-order chi connectivity index (χ0) is 10.7. The highest BCUT2D eigenvalue weighted by Gasteiger charge is 2.12. The molecule has 1 atom stereocenters. The SMILES string of the molecule is CC(C)CC(O)c1cc(Br)ccc1I. The lowest BCUT2D eigenvalue weighted by Gasteiger charge is -2.15. The molecule has 1 nitrogen and oxygen atoms in total. The standard InChI is InChI=1S/C11H14BrIO/c1-7(2)5-11(14)9-6-8(12)3-4-10(9)13/h3-4,6-7,11,14H,5H2,1-2H3. The Balaban J connectivity index is 2.88. The number of benzene rings is 1. The molecule has 0 aliphatic carbocycles. The molecule has 1 N–H and O–H groups in total. The van der Waals surface area contributed by atoms with E-state index in [9.17, 15) is 5.11 Å². The van der Waals surface area contributed by atoms with Gasteiger partial charge in [-0.2, -0.15) is 0 Å². The molecule has 1 rings (SSSR count). The minimum absolute atomic E-state index is 0.348. The summed E-state index contributed by atoms with van der Waals surface area (Å²) in [5.41, 5.74) is 1.02. The van der Waals surface area contributed by atoms with Crippen molar-refractivity contribution in [3.8, 4) is 0 Å². The van der Waals surface area contributed by atoms with Crippen LogP contribution in [0.2, 0.25) is 0 Å². The van der Waals surface area contributed by atoms with Gasteiger partial charge < -0.3 is 5.11 Å². The lowest BCUT2D eigenvalue weighted by molar-refractivity contribution is 0.150. The highest BCUT2D eigenvalue weighted by Crippen LogP contribution is 2.27. The van der Waals surface area contributed by atoms with Gasteiger partial charge in [-0.15, -0.1) is 0 Å². The zero-order valence-electron chi connectivity index (χ0n) is 8.30. The van der Waals surface area contributed by atoms with Crippen molar-refractivity contribution >= 4 is 38.5 Å². The summed E-state index contributed by atoms with van der Waals surface area (Å²) >= 11 is 5.67. The summed E-state index contributed by atoms with van der Waals surface area (Å²) in [7, 11) is 0. The lowest BCUT2D eigenvalue weighted by Crippen LogP contribution is -2.03. The quantitative estimate of drug-likeness (QED) is 0.795. The van der Waals surface area contributed by atoms with Crippen molar-refractivity contribution in [2.24, 2.45) is 5.92 Å². The molecule has 14 heavy (non-hydrogen) atoms. The van der Waals surface area contributed by atoms with E-state index in [4.69, 9.17) is 0 Å². The maximum atomic E-state index is 9.97. The lowest BCUT2D eigenvalue weighted by atomic mass is 10.00. The van der Waals surface area contributed by atoms with Crippen molar-refractivity contribution in [2.75, 3.05) is 0 Å². The summed E-state index contributed by atoms with van der Waals surface area (Å²) in [6, 6.07) is 6.01. The highest BCUT2D eigenvalue weighted by molar-refractivity contribution is 14.1. The van der Waals surface area contributed by atoms with Crippen molar-refractivity contribution in [1.29, 1.82) is 0 Å². The van der Waals surface area contributed by atoms with Crippen LogP contribution in [0.1, 0.15) is 31.9 Å². The summed E-state index contributed by atoms with van der Waals surface area (Å²) in [5, 5.41) is 9.97. The van der Waals surface area contributed by atoms with Gasteiger partial charge in [0.25, 0.3) is 0 Å². The number of hydrogen-bond acceptors (Lipinski definition) is 1. The molecule has 0 heterocycles. The van der Waals surface area contributed by atoms with Gasteiger partial charge in [-0.3, -0.25) is 0 Å². The van der Waals surface area contributed by atoms with Crippen LogP contribution in [0.4, 0.5) is 0 Å². The number of aliphatic hydroxyl groups excluding tert-OH is 1. The predicted molar refractivity (Wildman–Crippen MR) is 71.3 cm³/mol. The maximum absolute atomic E-state index is 9.97. The van der Waals surface area contributed by atoms with Gasteiger partial charge in [0.2, 0.25) is 0 Å². The number of halogens is 2. The minimum atomic E-state index is -0.348. The Bertz CT molecular complexity index is 312. The molecular formula is C11H14BrIO. The number of rotatable bonds is 3. The van der Waals surface area contributed by atoms with Crippen molar-refractivity contribution in [1.82, 2.24) is 0 Å². The van der Waals surface area contributed by atoms with Crippen LogP contribution in [0.5, 0.6) is 0 Å². The minimum Gasteiger partial charge on any atom is -0.388 e. The summed E-state index contributed by atoms with van der Waals surface area (Å²) < 4.78 is 2.15. The zero-order valence-corrected chi connectivity index (χ0v) is 12.0. The summed E-state index contributed by atoms with van der Waals surface area (Å²) in [6.45, 7) is 4.24. The van der Waals surface area contributed by atoms with Crippen molar-refractivity contribution < 1.29 is 5.11 Å². The molecule has 0 aliphatic heterocycles. The summed E-state index contributed by atoms with van der Waals surface area (Å²) in [5.74, 6) is 0.514. The second-order valence-electron chi connectivity index (χ2n) is 3.81. The van der Waals surface area contributed by atoms with E-state index in [1.54, 1.807) is 0 Å². The van der Waals surface area contributed by atoms with E-state index in [-0.39, 0.29) is 6.10 Å². The normalized spacial score (nSPS) is 13.3. The molecule has 0 fully saturated rings. The van der Waals surface area contributed by atoms with Gasteiger partial charge in [-0.05, 0) is 58.7 Å². The maximum Gasteiger partial charge on any atom is 0.0803 e. The monoisotopic (exact) mass is 368 g/mol. The van der Waals surface area contributed by atoms with Gasteiger partial charge in [0, 0.05) is 8.04 Å². The molecule has 0 amide bonds. The third-order valence-electron chi connectivity index (χ3n) is 2.01. The largest absolute Gasteiger partial charge is 0.388 e. The first-order chi connectivity index (χ1) is 6.50. The summed E-state index contributed by atoms with van der Waals surface area (Å²) in [6.07, 6.45) is 0.464. The van der Waals surface area contributed by atoms with Crippen molar-refractivity contribution in [2.45, 2.75) is 26.4 Å². The van der Waals surface area contributed by atoms with Gasteiger partial charge in [-0.25, -0.2) is 0 Å². The van der Waals surface area contributed by atoms with Crippen LogP contribution in [-0.2, 0) is 0 Å². The van der Waals surface area contributed by atoms with E-state index in [1.165, 1.54) is 0 Å². The van der Waals surface area contributed by atoms with Crippen molar-refractivity contribution in [3.63, 3.8) is 0 Å². The molecule has 1 aromatic carbocycles. The molecule has 1 unspecified atom stereocenters. The molecule has 78 valence electrons. The fourth-order valence-corrected chi connectivity index (χ4v) is 2.42. The Labute approximate surface area is 107 Å². The molecule has 0 bridgehead atoms. The van der Waals surface area contributed by atoms with Crippen LogP contribution in [-0.4, -0.2) is 5.11 Å². The first-order valence-electron chi connectivity index (χ1n) is 4.63. The molecule has 1 aromatic rings. The smallest absolute Gasteiger partial charge is 0.0803 e. The first-order valence-corrected chi connectivity index (χ1v) is 6.51. The Kier molecular flexibility index (Phi) is 4.87. The molecule has 0 radical (unpaired) electrons. The summed E-state index contributed by atoms with van der Waals surface area (Å²) in [4.78, 5) is 0. The third-order valence-corrected chi connectivity index (χ3v) is 3.49. The van der Waals surface area contributed by atoms with E-state index >= 15 is 0 Å². The van der Waals surface area contributed by atoms with E-state index in [0.29, 0.717) is 5.92 Å². The second-order valence-corrected chi connectivity index (χ2v) is 5.89. The van der Waals surface area contributed by atoms with Gasteiger partial charge in [0.1, 0.15) is 0 Å². The van der Waals surface area contributed by atoms with E-state index in [1.807, 2.05) is 18.2 Å². The Morgan fingerprint density at radius 3 is 2.64 bits per heavy atom. The molecule has 0 saturated heterocycles. The fourth-order valence-electron chi connectivity index (χ4n) is 1.34. The number of aliphatic hydroxyl groups is 1. The van der Waals surface area contributed by atoms with Gasteiger partial charge in [0.05, 0.1) is 6.10 Å². The van der Waals surface area contributed by atoms with Crippen LogP contribution < -0.4 is 0 Å². The van der Waals surface area contributed by atoms with Crippen LogP contribution in [0.15, 0.2) is 22.7 Å². The van der Waals surface area contributed by atoms with Crippen LogP contribution in [0.3, 0.4) is 0 Å². The van der Waals surface area contributed by atoms with Gasteiger partial charge >= 0.3 is 0 Å². The molecule has 0 spiro atoms. The molecule has 0 aliphatic rings. The van der Waals surface area contributed by atoms with Gasteiger partial charge in [-0.1, -0.05) is 29.8 Å². The molecule has 0 saturated carbocycles. The second kappa shape index (κ2) is 5.47. The first kappa shape index (κ1) is 12.5. The van der Waals surface area contributed by atoms with Crippen LogP contribution >= 0.6 is 38.5 Å². The highest BCUT2D eigenvalue weighted by atomic mass is 127. The third kappa shape index (κ3) is 3.51. The predicted octanol–water partition coefficient (Wildman–Crippen LogP) is 4.13. The Morgan fingerprint density at radius 2 is 2.07 bits per heavy atom. The van der Waals surface area contributed by atoms with E-state index in [0.717, 1.165) is 20.0 Å². The van der Waals surface area contributed by atoms with Crippen LogP contribution in [0.25, 0.3) is 0 Å². The average Bonchev–Trinajstić information content (AvgIpc) is 2.08. The average molecular weight is 369 g/mol. The number of hydrogen-bond donors (Lipinski definition) is 1. The Hall–Kier alpha value is 0.390. The van der Waals surface area contributed by atoms with E-state index < -0.39 is 0 Å². The van der Waals surface area contributed by atoms with E-state index in [2.05, 4.69) is 52.4 Å². The molecule has 0 aromatic heterocycles. The fraction of sp³-hybridized carbons (Fsp3) is 0.455. The van der Waals surface area contributed by atoms with Crippen LogP contribution in [0, 0.1) is 9.49 Å². The Morgan fingerprint density at radius 1 is 1.43 bits per heavy atom. The molecular weight excluding hydrogens is 355 g/mol. The van der Waals surface area contributed by atoms with Gasteiger partial charge in [0.15, 0.2) is 0 Å². The van der Waals surface area contributed by atoms with Crippen molar-refractivity contribution in [3.05, 3.63) is 31.8 Å². The topological polar surface area (TPSA) is 20.2 Å².